The first-order valence-electron chi connectivity index (χ1n) is 6.76. The molecule has 6 nitrogen and oxygen atoms in total. The van der Waals surface area contributed by atoms with E-state index in [9.17, 15) is 9.90 Å². The van der Waals surface area contributed by atoms with Crippen molar-refractivity contribution >= 4 is 34.5 Å². The van der Waals surface area contributed by atoms with Crippen LogP contribution < -0.4 is 5.32 Å². The fraction of sp³-hybridized carbons (Fsp3) is 0.500. The molecule has 0 saturated carbocycles. The Labute approximate surface area is 127 Å². The number of hydrogen-bond acceptors (Lipinski definition) is 5. The Bertz CT molecular complexity index is 669. The van der Waals surface area contributed by atoms with Crippen molar-refractivity contribution in [2.75, 3.05) is 17.3 Å². The summed E-state index contributed by atoms with van der Waals surface area (Å²) in [7, 11) is 1.81. The average molecular weight is 308 g/mol. The van der Waals surface area contributed by atoms with Gasteiger partial charge in [-0.3, -0.25) is 4.68 Å². The number of pyridine rings is 1. The van der Waals surface area contributed by atoms with Crippen LogP contribution in [0.2, 0.25) is 0 Å². The molecule has 1 unspecified atom stereocenters. The van der Waals surface area contributed by atoms with Crippen LogP contribution in [0.25, 0.3) is 11.0 Å². The molecule has 2 aromatic heterocycles. The zero-order chi connectivity index (χ0) is 15.6. The Balaban J connectivity index is 2.51. The topological polar surface area (TPSA) is 80.0 Å². The Morgan fingerprint density at radius 2 is 2.29 bits per heavy atom. The molecule has 114 valence electrons. The maximum absolute atomic E-state index is 11.5. The third kappa shape index (κ3) is 3.12. The molecule has 0 amide bonds. The van der Waals surface area contributed by atoms with Crippen molar-refractivity contribution in [1.82, 2.24) is 14.8 Å². The second-order valence-electron chi connectivity index (χ2n) is 5.09. The molecule has 2 aromatic rings. The summed E-state index contributed by atoms with van der Waals surface area (Å²) in [6, 6.07) is 0.181. The van der Waals surface area contributed by atoms with E-state index in [1.807, 2.05) is 14.0 Å². The molecule has 0 bridgehead atoms. The summed E-state index contributed by atoms with van der Waals surface area (Å²) in [4.78, 5) is 15.7. The first kappa shape index (κ1) is 15.6. The van der Waals surface area contributed by atoms with Crippen LogP contribution in [-0.2, 0) is 7.05 Å². The third-order valence-electron chi connectivity index (χ3n) is 3.40. The summed E-state index contributed by atoms with van der Waals surface area (Å²) in [5.74, 6) is 0.0452. The van der Waals surface area contributed by atoms with E-state index in [2.05, 4.69) is 28.6 Å². The van der Waals surface area contributed by atoms with E-state index >= 15 is 0 Å². The molecule has 0 aliphatic rings. The number of rotatable bonds is 6. The molecule has 0 spiro atoms. The van der Waals surface area contributed by atoms with Crippen molar-refractivity contribution < 1.29 is 9.90 Å². The predicted molar refractivity (Wildman–Crippen MR) is 86.3 cm³/mol. The highest BCUT2D eigenvalue weighted by Crippen LogP contribution is 2.29. The summed E-state index contributed by atoms with van der Waals surface area (Å²) >= 11 is 1.78. The van der Waals surface area contributed by atoms with E-state index in [0.717, 1.165) is 23.3 Å². The quantitative estimate of drug-likeness (QED) is 0.853. The van der Waals surface area contributed by atoms with Gasteiger partial charge in [0.1, 0.15) is 5.56 Å². The van der Waals surface area contributed by atoms with Crippen molar-refractivity contribution in [3.63, 3.8) is 0 Å². The van der Waals surface area contributed by atoms with Gasteiger partial charge in [0, 0.05) is 19.3 Å². The number of hydrogen-bond donors (Lipinski definition) is 2. The molecule has 0 aliphatic heterocycles. The molecule has 2 heterocycles. The number of nitrogens with zero attached hydrogens (tertiary/aromatic N) is 3. The number of anilines is 1. The molecule has 2 N–H and O–H groups in total. The van der Waals surface area contributed by atoms with Crippen molar-refractivity contribution in [2.24, 2.45) is 7.05 Å². The van der Waals surface area contributed by atoms with E-state index < -0.39 is 5.97 Å². The van der Waals surface area contributed by atoms with Gasteiger partial charge in [-0.2, -0.15) is 16.9 Å². The van der Waals surface area contributed by atoms with Crippen LogP contribution in [0.1, 0.15) is 29.4 Å². The Kier molecular flexibility index (Phi) is 4.72. The molecule has 1 atom stereocenters. The first-order chi connectivity index (χ1) is 9.95. The van der Waals surface area contributed by atoms with Crippen LogP contribution in [0.15, 0.2) is 6.20 Å². The van der Waals surface area contributed by atoms with Crippen LogP contribution in [0.5, 0.6) is 0 Å². The lowest BCUT2D eigenvalue weighted by atomic mass is 10.1. The van der Waals surface area contributed by atoms with Gasteiger partial charge in [-0.1, -0.05) is 0 Å². The summed E-state index contributed by atoms with van der Waals surface area (Å²) in [5, 5.41) is 17.9. The highest BCUT2D eigenvalue weighted by atomic mass is 32.2. The summed E-state index contributed by atoms with van der Waals surface area (Å²) in [6.07, 6.45) is 4.42. The molecular weight excluding hydrogens is 288 g/mol. The maximum Gasteiger partial charge on any atom is 0.339 e. The summed E-state index contributed by atoms with van der Waals surface area (Å²) < 4.78 is 1.67. The lowest BCUT2D eigenvalue weighted by molar-refractivity contribution is 0.0697. The van der Waals surface area contributed by atoms with Crippen molar-refractivity contribution in [2.45, 2.75) is 26.3 Å². The lowest BCUT2D eigenvalue weighted by Gasteiger charge is -2.17. The molecule has 21 heavy (non-hydrogen) atoms. The second-order valence-corrected chi connectivity index (χ2v) is 6.07. The summed E-state index contributed by atoms with van der Waals surface area (Å²) in [5.41, 5.74) is 2.28. The van der Waals surface area contributed by atoms with Gasteiger partial charge in [-0.15, -0.1) is 0 Å². The molecule has 0 saturated heterocycles. The Morgan fingerprint density at radius 1 is 1.57 bits per heavy atom. The summed E-state index contributed by atoms with van der Waals surface area (Å²) in [6.45, 7) is 3.92. The van der Waals surface area contributed by atoms with Gasteiger partial charge < -0.3 is 10.4 Å². The Morgan fingerprint density at radius 3 is 2.90 bits per heavy atom. The monoisotopic (exact) mass is 308 g/mol. The largest absolute Gasteiger partial charge is 0.478 e. The number of aromatic carboxylic acids is 1. The Hall–Kier alpha value is -1.76. The number of nitrogens with one attached hydrogen (secondary N) is 1. The molecule has 2 rings (SSSR count). The minimum absolute atomic E-state index is 0.181. The minimum atomic E-state index is -0.979. The van der Waals surface area contributed by atoms with Crippen molar-refractivity contribution in [3.8, 4) is 0 Å². The number of carboxylic acid groups (broad SMARTS) is 1. The van der Waals surface area contributed by atoms with Gasteiger partial charge in [0.15, 0.2) is 5.65 Å². The number of fused-ring (bicyclic) bond motifs is 1. The first-order valence-corrected chi connectivity index (χ1v) is 8.16. The fourth-order valence-electron chi connectivity index (χ4n) is 2.34. The fourth-order valence-corrected chi connectivity index (χ4v) is 2.93. The van der Waals surface area contributed by atoms with Crippen molar-refractivity contribution in [1.29, 1.82) is 0 Å². The predicted octanol–water partition coefficient (Wildman–Crippen LogP) is 2.53. The van der Waals surface area contributed by atoms with E-state index in [4.69, 9.17) is 0 Å². The number of aromatic nitrogens is 3. The molecular formula is C14H20N4O2S. The van der Waals surface area contributed by atoms with Gasteiger partial charge in [-0.05, 0) is 32.3 Å². The van der Waals surface area contributed by atoms with Gasteiger partial charge in [0.05, 0.1) is 16.8 Å². The van der Waals surface area contributed by atoms with Gasteiger partial charge in [0.25, 0.3) is 0 Å². The molecule has 0 aromatic carbocycles. The van der Waals surface area contributed by atoms with E-state index in [-0.39, 0.29) is 11.6 Å². The van der Waals surface area contributed by atoms with Gasteiger partial charge >= 0.3 is 5.97 Å². The highest BCUT2D eigenvalue weighted by molar-refractivity contribution is 7.98. The normalized spacial score (nSPS) is 12.6. The van der Waals surface area contributed by atoms with Crippen LogP contribution in [-0.4, -0.2) is 43.9 Å². The smallest absolute Gasteiger partial charge is 0.339 e. The van der Waals surface area contributed by atoms with E-state index in [1.54, 1.807) is 16.4 Å². The molecule has 0 radical (unpaired) electrons. The van der Waals surface area contributed by atoms with Crippen LogP contribution in [0.3, 0.4) is 0 Å². The van der Waals surface area contributed by atoms with E-state index in [0.29, 0.717) is 11.3 Å². The SMILES string of the molecule is CSCCC(C)Nc1c(C(=O)O)cnc2c1c(C)nn2C. The molecule has 7 heteroatoms. The highest BCUT2D eigenvalue weighted by Gasteiger charge is 2.20. The lowest BCUT2D eigenvalue weighted by Crippen LogP contribution is -2.18. The zero-order valence-corrected chi connectivity index (χ0v) is 13.5. The number of carbonyl (C=O) groups is 1. The number of aryl methyl sites for hydroxylation is 2. The standard InChI is InChI=1S/C14H20N4O2S/c1-8(5-6-21-4)16-12-10(14(19)20)7-15-13-11(12)9(2)17-18(13)3/h7-8H,5-6H2,1-4H3,(H,15,16)(H,19,20). The minimum Gasteiger partial charge on any atom is -0.478 e. The van der Waals surface area contributed by atoms with Gasteiger partial charge in [-0.25, -0.2) is 9.78 Å². The average Bonchev–Trinajstić information content (AvgIpc) is 2.72. The molecule has 0 fully saturated rings. The second kappa shape index (κ2) is 6.34. The number of carboxylic acids is 1. The van der Waals surface area contributed by atoms with E-state index in [1.165, 1.54) is 6.20 Å². The number of thioether (sulfide) groups is 1. The van der Waals surface area contributed by atoms with Gasteiger partial charge in [0.2, 0.25) is 0 Å². The van der Waals surface area contributed by atoms with Crippen LogP contribution in [0.4, 0.5) is 5.69 Å². The maximum atomic E-state index is 11.5. The van der Waals surface area contributed by atoms with Crippen LogP contribution in [0, 0.1) is 6.92 Å². The van der Waals surface area contributed by atoms with Crippen molar-refractivity contribution in [3.05, 3.63) is 17.5 Å². The third-order valence-corrected chi connectivity index (χ3v) is 4.05. The zero-order valence-electron chi connectivity index (χ0n) is 12.7. The molecule has 0 aliphatic carbocycles. The van der Waals surface area contributed by atoms with Crippen LogP contribution >= 0.6 is 11.8 Å².